The highest BCUT2D eigenvalue weighted by Crippen LogP contribution is 2.29. The van der Waals surface area contributed by atoms with E-state index in [-0.39, 0.29) is 16.9 Å². The van der Waals surface area contributed by atoms with E-state index >= 15 is 0 Å². The zero-order chi connectivity index (χ0) is 15.5. The summed E-state index contributed by atoms with van der Waals surface area (Å²) in [5.74, 6) is -3.86. The first kappa shape index (κ1) is 15.4. The van der Waals surface area contributed by atoms with Crippen LogP contribution in [0.1, 0.15) is 24.2 Å². The molecule has 0 heterocycles. The van der Waals surface area contributed by atoms with E-state index in [0.717, 1.165) is 6.07 Å². The number of ether oxygens (including phenoxy) is 1. The summed E-state index contributed by atoms with van der Waals surface area (Å²) in [5.41, 5.74) is -0.0664. The van der Waals surface area contributed by atoms with Crippen LogP contribution in [0, 0.1) is 5.82 Å². The van der Waals surface area contributed by atoms with Gasteiger partial charge in [-0.15, -0.1) is 0 Å². The van der Waals surface area contributed by atoms with Gasteiger partial charge in [0.1, 0.15) is 11.6 Å². The number of aliphatic hydroxyl groups excluding tert-OH is 1. The van der Waals surface area contributed by atoms with Crippen molar-refractivity contribution in [1.29, 1.82) is 0 Å². The van der Waals surface area contributed by atoms with E-state index in [2.05, 4.69) is 0 Å². The summed E-state index contributed by atoms with van der Waals surface area (Å²) >= 11 is 0. The molecule has 0 aliphatic rings. The highest BCUT2D eigenvalue weighted by atomic mass is 19.3. The van der Waals surface area contributed by atoms with Gasteiger partial charge in [-0.2, -0.15) is 8.78 Å². The summed E-state index contributed by atoms with van der Waals surface area (Å²) in [6.07, 6.45) is -0.968. The van der Waals surface area contributed by atoms with E-state index in [9.17, 15) is 18.3 Å². The standard InChI is InChI=1S/C16H15F3O2/c1-11(20)14-8-7-13(9-15(14)17)21-10-16(18,19)12-5-3-2-4-6-12/h2-9,11,20H,10H2,1H3. The van der Waals surface area contributed by atoms with Gasteiger partial charge in [0.15, 0.2) is 6.61 Å². The molecule has 0 saturated heterocycles. The van der Waals surface area contributed by atoms with Crippen molar-refractivity contribution in [3.8, 4) is 5.75 Å². The molecule has 21 heavy (non-hydrogen) atoms. The minimum atomic E-state index is -3.17. The van der Waals surface area contributed by atoms with Gasteiger partial charge in [-0.25, -0.2) is 4.39 Å². The summed E-state index contributed by atoms with van der Waals surface area (Å²) in [7, 11) is 0. The van der Waals surface area contributed by atoms with Crippen LogP contribution in [-0.4, -0.2) is 11.7 Å². The average Bonchev–Trinajstić information content (AvgIpc) is 2.46. The monoisotopic (exact) mass is 296 g/mol. The quantitative estimate of drug-likeness (QED) is 0.902. The highest BCUT2D eigenvalue weighted by molar-refractivity contribution is 5.30. The third-order valence-electron chi connectivity index (χ3n) is 3.04. The summed E-state index contributed by atoms with van der Waals surface area (Å²) in [6.45, 7) is 0.535. The zero-order valence-corrected chi connectivity index (χ0v) is 11.4. The molecule has 0 saturated carbocycles. The largest absolute Gasteiger partial charge is 0.487 e. The minimum Gasteiger partial charge on any atom is -0.487 e. The molecule has 112 valence electrons. The maximum atomic E-state index is 13.9. The summed E-state index contributed by atoms with van der Waals surface area (Å²) in [5, 5.41) is 9.30. The molecule has 5 heteroatoms. The molecule has 0 aliphatic heterocycles. The average molecular weight is 296 g/mol. The van der Waals surface area contributed by atoms with Crippen molar-refractivity contribution in [3.05, 3.63) is 65.5 Å². The minimum absolute atomic E-state index is 0.00694. The van der Waals surface area contributed by atoms with E-state index in [4.69, 9.17) is 4.74 Å². The first-order chi connectivity index (χ1) is 9.90. The SMILES string of the molecule is CC(O)c1ccc(OCC(F)(F)c2ccccc2)cc1F. The van der Waals surface area contributed by atoms with Crippen molar-refractivity contribution >= 4 is 0 Å². The van der Waals surface area contributed by atoms with Crippen LogP contribution in [-0.2, 0) is 5.92 Å². The number of alkyl halides is 2. The van der Waals surface area contributed by atoms with Crippen molar-refractivity contribution in [2.24, 2.45) is 0 Å². The summed E-state index contributed by atoms with van der Waals surface area (Å²) < 4.78 is 46.4. The predicted molar refractivity (Wildman–Crippen MR) is 72.9 cm³/mol. The fraction of sp³-hybridized carbons (Fsp3) is 0.250. The second-order valence-electron chi connectivity index (χ2n) is 4.72. The van der Waals surface area contributed by atoms with Crippen molar-refractivity contribution in [3.63, 3.8) is 0 Å². The second kappa shape index (κ2) is 6.18. The van der Waals surface area contributed by atoms with Crippen LogP contribution in [0.15, 0.2) is 48.5 Å². The Hall–Kier alpha value is -2.01. The Kier molecular flexibility index (Phi) is 4.53. The van der Waals surface area contributed by atoms with Crippen LogP contribution in [0.5, 0.6) is 5.75 Å². The smallest absolute Gasteiger partial charge is 0.306 e. The molecule has 0 bridgehead atoms. The van der Waals surface area contributed by atoms with E-state index in [1.165, 1.54) is 43.3 Å². The molecule has 1 unspecified atom stereocenters. The van der Waals surface area contributed by atoms with Crippen molar-refractivity contribution < 1.29 is 23.0 Å². The van der Waals surface area contributed by atoms with Gasteiger partial charge in [-0.3, -0.25) is 0 Å². The van der Waals surface area contributed by atoms with E-state index in [0.29, 0.717) is 0 Å². The van der Waals surface area contributed by atoms with Crippen molar-refractivity contribution in [1.82, 2.24) is 0 Å². The normalized spacial score (nSPS) is 13.0. The molecule has 0 amide bonds. The molecular formula is C16H15F3O2. The molecule has 2 nitrogen and oxygen atoms in total. The third kappa shape index (κ3) is 3.76. The Bertz CT molecular complexity index is 598. The molecule has 1 atom stereocenters. The molecule has 2 aromatic carbocycles. The molecule has 2 aromatic rings. The van der Waals surface area contributed by atoms with Crippen LogP contribution in [0.2, 0.25) is 0 Å². The first-order valence-electron chi connectivity index (χ1n) is 6.44. The predicted octanol–water partition coefficient (Wildman–Crippen LogP) is 4.05. The molecule has 0 fully saturated rings. The van der Waals surface area contributed by atoms with Crippen LogP contribution >= 0.6 is 0 Å². The Morgan fingerprint density at radius 3 is 2.38 bits per heavy atom. The van der Waals surface area contributed by atoms with Gasteiger partial charge in [0, 0.05) is 17.2 Å². The fourth-order valence-corrected chi connectivity index (χ4v) is 1.88. The lowest BCUT2D eigenvalue weighted by Crippen LogP contribution is -2.23. The molecule has 1 N–H and O–H groups in total. The molecule has 0 aromatic heterocycles. The molecule has 0 radical (unpaired) electrons. The highest BCUT2D eigenvalue weighted by Gasteiger charge is 2.32. The number of hydrogen-bond acceptors (Lipinski definition) is 2. The fourth-order valence-electron chi connectivity index (χ4n) is 1.88. The van der Waals surface area contributed by atoms with Crippen LogP contribution in [0.4, 0.5) is 13.2 Å². The number of benzene rings is 2. The lowest BCUT2D eigenvalue weighted by atomic mass is 10.1. The van der Waals surface area contributed by atoms with Gasteiger partial charge in [0.25, 0.3) is 0 Å². The number of aliphatic hydroxyl groups is 1. The molecule has 0 spiro atoms. The maximum Gasteiger partial charge on any atom is 0.306 e. The van der Waals surface area contributed by atoms with Crippen molar-refractivity contribution in [2.45, 2.75) is 19.0 Å². The molecule has 2 rings (SSSR count). The summed E-state index contributed by atoms with van der Waals surface area (Å²) in [6, 6.07) is 10.9. The van der Waals surface area contributed by atoms with Gasteiger partial charge in [-0.1, -0.05) is 30.3 Å². The van der Waals surface area contributed by atoms with Crippen LogP contribution in [0.25, 0.3) is 0 Å². The van der Waals surface area contributed by atoms with Gasteiger partial charge < -0.3 is 9.84 Å². The van der Waals surface area contributed by atoms with E-state index < -0.39 is 24.5 Å². The van der Waals surface area contributed by atoms with Gasteiger partial charge in [0.05, 0.1) is 6.10 Å². The number of rotatable bonds is 5. The topological polar surface area (TPSA) is 29.5 Å². The lowest BCUT2D eigenvalue weighted by molar-refractivity contribution is -0.0468. The van der Waals surface area contributed by atoms with Gasteiger partial charge in [-0.05, 0) is 19.1 Å². The third-order valence-corrected chi connectivity index (χ3v) is 3.04. The van der Waals surface area contributed by atoms with Crippen LogP contribution in [0.3, 0.4) is 0 Å². The Balaban J connectivity index is 2.08. The zero-order valence-electron chi connectivity index (χ0n) is 11.4. The van der Waals surface area contributed by atoms with Gasteiger partial charge >= 0.3 is 5.92 Å². The second-order valence-corrected chi connectivity index (χ2v) is 4.72. The lowest BCUT2D eigenvalue weighted by Gasteiger charge is -2.18. The maximum absolute atomic E-state index is 13.9. The molecule has 0 aliphatic carbocycles. The van der Waals surface area contributed by atoms with Gasteiger partial charge in [0.2, 0.25) is 0 Å². The van der Waals surface area contributed by atoms with E-state index in [1.807, 2.05) is 0 Å². The van der Waals surface area contributed by atoms with Crippen molar-refractivity contribution in [2.75, 3.05) is 6.61 Å². The summed E-state index contributed by atoms with van der Waals surface area (Å²) in [4.78, 5) is 0. The van der Waals surface area contributed by atoms with Crippen LogP contribution < -0.4 is 4.74 Å². The number of halogens is 3. The Labute approximate surface area is 120 Å². The molecular weight excluding hydrogens is 281 g/mol. The Morgan fingerprint density at radius 1 is 1.14 bits per heavy atom. The Morgan fingerprint density at radius 2 is 1.81 bits per heavy atom. The number of hydrogen-bond donors (Lipinski definition) is 1. The van der Waals surface area contributed by atoms with E-state index in [1.54, 1.807) is 6.07 Å². The first-order valence-corrected chi connectivity index (χ1v) is 6.44.